The number of phenols is 1. The van der Waals surface area contributed by atoms with Crippen molar-refractivity contribution < 1.29 is 60.6 Å². The molecule has 0 saturated heterocycles. The number of aromatic hydroxyl groups is 1. The minimum Gasteiger partial charge on any atom is -0.505 e. The molecule has 8 N–H and O–H groups in total. The first kappa shape index (κ1) is 42.5. The molecule has 0 aliphatic heterocycles. The number of aromatic carboxylic acids is 1. The van der Waals surface area contributed by atoms with E-state index in [0.717, 1.165) is 18.2 Å². The highest BCUT2D eigenvalue weighted by Gasteiger charge is 2.29. The molecule has 1 amide bonds. The van der Waals surface area contributed by atoms with Crippen LogP contribution in [0.3, 0.4) is 0 Å². The number of hydrogen-bond acceptors (Lipinski definition) is 17. The van der Waals surface area contributed by atoms with Gasteiger partial charge < -0.3 is 26.4 Å². The number of aliphatic carboxylic acids is 1. The maximum absolute atomic E-state index is 12.6. The number of hydrogen-bond donors (Lipinski definition) is 7. The molecule has 304 valence electrons. The molecule has 23 nitrogen and oxygen atoms in total. The van der Waals surface area contributed by atoms with Gasteiger partial charge in [-0.15, -0.1) is 15.3 Å². The van der Waals surface area contributed by atoms with E-state index in [0.29, 0.717) is 29.1 Å². The van der Waals surface area contributed by atoms with Gasteiger partial charge in [-0.3, -0.25) is 28.8 Å². The van der Waals surface area contributed by atoms with E-state index in [2.05, 4.69) is 36.0 Å². The average Bonchev–Trinajstić information content (AvgIpc) is 3.15. The number of phenolic OH excluding ortho intramolecular Hbond substituents is 1. The molecule has 0 aliphatic carbocycles. The number of carbonyl (C=O) groups excluding carboxylic acids is 1. The van der Waals surface area contributed by atoms with Gasteiger partial charge in [-0.25, -0.2) is 4.79 Å². The van der Waals surface area contributed by atoms with Crippen molar-refractivity contribution in [3.8, 4) is 5.75 Å². The van der Waals surface area contributed by atoms with Crippen LogP contribution in [-0.2, 0) is 29.8 Å². The Labute approximate surface area is 330 Å². The number of nitrogens with one attached hydrogen (secondary N) is 1. The number of nitrogens with zero attached hydrogens (tertiary/aromatic N) is 7. The number of amides is 1. The Morgan fingerprint density at radius 1 is 0.746 bits per heavy atom. The molecule has 0 saturated carbocycles. The third kappa shape index (κ3) is 10.0. The average molecular weight is 850 g/mol. The highest BCUT2D eigenvalue weighted by atomic mass is 32.2. The molecular formula is C34H27N9O14S2. The molecule has 0 heterocycles. The molecule has 0 aromatic heterocycles. The van der Waals surface area contributed by atoms with Gasteiger partial charge in [0.2, 0.25) is 5.91 Å². The lowest BCUT2D eigenvalue weighted by Crippen LogP contribution is -2.13. The molecule has 0 fully saturated rings. The van der Waals surface area contributed by atoms with Gasteiger partial charge in [-0.2, -0.15) is 32.2 Å². The summed E-state index contributed by atoms with van der Waals surface area (Å²) in [6, 6.07) is 14.2. The summed E-state index contributed by atoms with van der Waals surface area (Å²) >= 11 is 0. The predicted molar refractivity (Wildman–Crippen MR) is 205 cm³/mol. The van der Waals surface area contributed by atoms with Crippen molar-refractivity contribution in [3.05, 3.63) is 94.0 Å². The fraction of sp³-hybridized carbons (Fsp3) is 0.0882. The Morgan fingerprint density at radius 3 is 1.93 bits per heavy atom. The molecule has 0 bridgehead atoms. The highest BCUT2D eigenvalue weighted by Crippen LogP contribution is 2.48. The van der Waals surface area contributed by atoms with Gasteiger partial charge in [0.25, 0.3) is 25.9 Å². The van der Waals surface area contributed by atoms with E-state index in [1.54, 1.807) is 6.92 Å². The monoisotopic (exact) mass is 849 g/mol. The van der Waals surface area contributed by atoms with E-state index >= 15 is 0 Å². The van der Waals surface area contributed by atoms with Crippen molar-refractivity contribution >= 4 is 100 Å². The van der Waals surface area contributed by atoms with Gasteiger partial charge >= 0.3 is 11.9 Å². The number of nitrogen functional groups attached to an aromatic ring is 1. The quantitative estimate of drug-likeness (QED) is 0.0186. The number of nitro benzene ring substituents is 1. The Balaban J connectivity index is 1.57. The number of nitro groups is 1. The lowest BCUT2D eigenvalue weighted by molar-refractivity contribution is -0.384. The molecule has 5 rings (SSSR count). The van der Waals surface area contributed by atoms with Gasteiger partial charge in [0, 0.05) is 23.6 Å². The van der Waals surface area contributed by atoms with Crippen LogP contribution in [0.2, 0.25) is 0 Å². The Morgan fingerprint density at radius 2 is 1.34 bits per heavy atom. The van der Waals surface area contributed by atoms with Crippen molar-refractivity contribution in [2.24, 2.45) is 30.7 Å². The van der Waals surface area contributed by atoms with Crippen LogP contribution in [0.5, 0.6) is 5.75 Å². The first-order valence-electron chi connectivity index (χ1n) is 16.2. The second-order valence-electron chi connectivity index (χ2n) is 12.1. The molecule has 0 atom stereocenters. The standard InChI is InChI=1S/C34H27N9O14S2/c1-16-12-20(7-8-22(16)39-37-18-4-2-17(3-5-18)34(48)49)38-41-24-15-26(58(52,53)54)21-14-27(59(55,56)57)32(33(47)30(21)31(24)35)42-40-23-9-6-19(13-25(23)43(50)51)36-28(44)10-11-29(45)46/h2-9,12-15,47H,10-11,35H2,1H3,(H,36,44)(H,45,46)(H,48,49)(H,52,53,54)(H,55,56,57). The van der Waals surface area contributed by atoms with Gasteiger partial charge in [-0.1, -0.05) is 0 Å². The third-order valence-electron chi connectivity index (χ3n) is 7.99. The van der Waals surface area contributed by atoms with Crippen LogP contribution < -0.4 is 11.1 Å². The SMILES string of the molecule is Cc1cc(N=Nc2cc(S(=O)(=O)O)c3cc(S(=O)(=O)O)c(N=Nc4ccc(NC(=O)CCC(=O)O)cc4[N+](=O)[O-])c(O)c3c2N)ccc1N=Nc1ccc(C(=O)O)cc1. The number of nitrogens with two attached hydrogens (primary N) is 1. The lowest BCUT2D eigenvalue weighted by Gasteiger charge is -2.14. The van der Waals surface area contributed by atoms with E-state index in [1.165, 1.54) is 42.5 Å². The van der Waals surface area contributed by atoms with E-state index in [4.69, 9.17) is 15.9 Å². The Hall–Kier alpha value is -7.61. The van der Waals surface area contributed by atoms with Crippen molar-refractivity contribution in [2.45, 2.75) is 29.6 Å². The first-order valence-corrected chi connectivity index (χ1v) is 19.1. The normalized spacial score (nSPS) is 12.1. The Kier molecular flexibility index (Phi) is 12.2. The molecule has 0 aliphatic rings. The topological polar surface area (TPSA) is 376 Å². The molecule has 0 spiro atoms. The fourth-order valence-corrected chi connectivity index (χ4v) is 6.53. The van der Waals surface area contributed by atoms with Crippen LogP contribution in [0.25, 0.3) is 10.8 Å². The number of rotatable bonds is 14. The van der Waals surface area contributed by atoms with E-state index < -0.39 is 111 Å². The predicted octanol–water partition coefficient (Wildman–Crippen LogP) is 7.59. The molecule has 5 aromatic rings. The lowest BCUT2D eigenvalue weighted by atomic mass is 10.0. The fourth-order valence-electron chi connectivity index (χ4n) is 5.19. The van der Waals surface area contributed by atoms with Gasteiger partial charge in [0.15, 0.2) is 11.4 Å². The summed E-state index contributed by atoms with van der Waals surface area (Å²) in [5.74, 6) is -4.39. The van der Waals surface area contributed by atoms with Gasteiger partial charge in [-0.05, 0) is 79.2 Å². The largest absolute Gasteiger partial charge is 0.505 e. The second-order valence-corrected chi connectivity index (χ2v) is 14.9. The van der Waals surface area contributed by atoms with Crippen molar-refractivity contribution in [1.82, 2.24) is 0 Å². The van der Waals surface area contributed by atoms with Crippen molar-refractivity contribution in [3.63, 3.8) is 0 Å². The third-order valence-corrected chi connectivity index (χ3v) is 9.75. The van der Waals surface area contributed by atoms with Gasteiger partial charge in [0.1, 0.15) is 21.2 Å². The second kappa shape index (κ2) is 16.9. The smallest absolute Gasteiger partial charge is 0.335 e. The minimum absolute atomic E-state index is 0.0599. The summed E-state index contributed by atoms with van der Waals surface area (Å²) in [5, 5.41) is 65.4. The molecule has 0 unspecified atom stereocenters. The van der Waals surface area contributed by atoms with Gasteiger partial charge in [0.05, 0.1) is 45.0 Å². The first-order chi connectivity index (χ1) is 27.6. The van der Waals surface area contributed by atoms with Crippen LogP contribution in [0.4, 0.5) is 51.2 Å². The Bertz CT molecular complexity index is 2900. The zero-order valence-corrected chi connectivity index (χ0v) is 31.4. The maximum Gasteiger partial charge on any atom is 0.335 e. The van der Waals surface area contributed by atoms with Crippen molar-refractivity contribution in [2.75, 3.05) is 11.1 Å². The summed E-state index contributed by atoms with van der Waals surface area (Å²) in [6.45, 7) is 1.65. The van der Waals surface area contributed by atoms with Crippen molar-refractivity contribution in [1.29, 1.82) is 0 Å². The minimum atomic E-state index is -5.41. The van der Waals surface area contributed by atoms with Crippen LogP contribution in [0.1, 0.15) is 28.8 Å². The molecule has 5 aromatic carbocycles. The number of aryl methyl sites for hydroxylation is 1. The summed E-state index contributed by atoms with van der Waals surface area (Å²) in [6.07, 6.45) is -0.973. The number of carboxylic acid groups (broad SMARTS) is 2. The molecule has 0 radical (unpaired) electrons. The highest BCUT2D eigenvalue weighted by molar-refractivity contribution is 7.86. The zero-order valence-electron chi connectivity index (χ0n) is 29.8. The van der Waals surface area contributed by atoms with E-state index in [9.17, 15) is 55.5 Å². The number of fused-ring (bicyclic) bond motifs is 1. The molecule has 25 heteroatoms. The summed E-state index contributed by atoms with van der Waals surface area (Å²) < 4.78 is 70.3. The number of azo groups is 3. The summed E-state index contributed by atoms with van der Waals surface area (Å²) in [7, 11) is -10.7. The number of benzene rings is 5. The van der Waals surface area contributed by atoms with E-state index in [1.807, 2.05) is 0 Å². The summed E-state index contributed by atoms with van der Waals surface area (Å²) in [4.78, 5) is 42.5. The maximum atomic E-state index is 12.6. The summed E-state index contributed by atoms with van der Waals surface area (Å²) in [5.41, 5.74) is 4.12. The van der Waals surface area contributed by atoms with E-state index in [-0.39, 0.29) is 16.9 Å². The van der Waals surface area contributed by atoms with Crippen LogP contribution >= 0.6 is 0 Å². The number of carbonyl (C=O) groups is 3. The van der Waals surface area contributed by atoms with Crippen LogP contribution in [0, 0.1) is 17.0 Å². The molecular weight excluding hydrogens is 823 g/mol. The number of anilines is 2. The van der Waals surface area contributed by atoms with Crippen LogP contribution in [0.15, 0.2) is 113 Å². The zero-order chi connectivity index (χ0) is 43.4. The number of carboxylic acids is 2. The van der Waals surface area contributed by atoms with Crippen LogP contribution in [-0.4, -0.2) is 64.0 Å². The molecule has 59 heavy (non-hydrogen) atoms.